The predicted molar refractivity (Wildman–Crippen MR) is 83.4 cm³/mol. The van der Waals surface area contributed by atoms with E-state index in [0.717, 1.165) is 5.56 Å². The Labute approximate surface area is 120 Å². The lowest BCUT2D eigenvalue weighted by atomic mass is 9.99. The molecule has 0 N–H and O–H groups in total. The van der Waals surface area contributed by atoms with Crippen molar-refractivity contribution < 1.29 is 9.53 Å². The van der Waals surface area contributed by atoms with Gasteiger partial charge in [0.2, 0.25) is 0 Å². The summed E-state index contributed by atoms with van der Waals surface area (Å²) in [5.74, 6) is -0.0870. The second kappa shape index (κ2) is 8.83. The topological polar surface area (TPSA) is 26.3 Å². The Morgan fingerprint density at radius 3 is 2.50 bits per heavy atom. The molecule has 0 heterocycles. The molecule has 20 heavy (non-hydrogen) atoms. The van der Waals surface area contributed by atoms with Crippen LogP contribution in [-0.2, 0) is 9.53 Å². The molecule has 2 nitrogen and oxygen atoms in total. The van der Waals surface area contributed by atoms with Crippen LogP contribution in [0.2, 0.25) is 0 Å². The second-order valence-corrected chi connectivity index (χ2v) is 4.06. The molecule has 104 valence electrons. The van der Waals surface area contributed by atoms with E-state index < -0.39 is 6.10 Å². The van der Waals surface area contributed by atoms with Crippen LogP contribution in [0.5, 0.6) is 0 Å². The van der Waals surface area contributed by atoms with Gasteiger partial charge in [-0.15, -0.1) is 0 Å². The van der Waals surface area contributed by atoms with E-state index in [9.17, 15) is 4.79 Å². The van der Waals surface area contributed by atoms with Crippen LogP contribution in [0, 0.1) is 0 Å². The third-order valence-electron chi connectivity index (χ3n) is 2.67. The molecule has 0 aliphatic heterocycles. The van der Waals surface area contributed by atoms with Gasteiger partial charge in [-0.1, -0.05) is 73.9 Å². The maximum atomic E-state index is 12.6. The molecule has 1 aromatic carbocycles. The molecule has 1 unspecified atom stereocenters. The van der Waals surface area contributed by atoms with Crippen molar-refractivity contribution in [1.29, 1.82) is 0 Å². The molecule has 2 heteroatoms. The number of hydrogen-bond acceptors (Lipinski definition) is 2. The number of ketones is 1. The molecule has 0 spiro atoms. The van der Waals surface area contributed by atoms with E-state index >= 15 is 0 Å². The van der Waals surface area contributed by atoms with Gasteiger partial charge in [-0.3, -0.25) is 4.79 Å². The SMILES string of the molecule is C=C/C=C\C(=C/C=C)C(=O)C(OCC)c1ccccc1. The molecule has 0 saturated heterocycles. The van der Waals surface area contributed by atoms with Gasteiger partial charge in [0.25, 0.3) is 0 Å². The lowest BCUT2D eigenvalue weighted by Gasteiger charge is -2.16. The van der Waals surface area contributed by atoms with Crippen LogP contribution in [0.3, 0.4) is 0 Å². The normalized spacial score (nSPS) is 13.2. The molecule has 1 atom stereocenters. The van der Waals surface area contributed by atoms with Gasteiger partial charge in [0.1, 0.15) is 6.10 Å². The van der Waals surface area contributed by atoms with Crippen LogP contribution < -0.4 is 0 Å². The summed E-state index contributed by atoms with van der Waals surface area (Å²) in [6, 6.07) is 9.48. The van der Waals surface area contributed by atoms with Crippen molar-refractivity contribution in [2.75, 3.05) is 6.61 Å². The Bertz CT molecular complexity index is 509. The number of carbonyl (C=O) groups excluding carboxylic acids is 1. The Kier molecular flexibility index (Phi) is 7.01. The lowest BCUT2D eigenvalue weighted by molar-refractivity contribution is -0.126. The van der Waals surface area contributed by atoms with E-state index in [1.807, 2.05) is 37.3 Å². The van der Waals surface area contributed by atoms with Crippen LogP contribution in [0.25, 0.3) is 0 Å². The van der Waals surface area contributed by atoms with Gasteiger partial charge in [0, 0.05) is 12.2 Å². The monoisotopic (exact) mass is 268 g/mol. The van der Waals surface area contributed by atoms with E-state index in [1.54, 1.807) is 30.4 Å². The molecule has 0 saturated carbocycles. The van der Waals surface area contributed by atoms with Crippen LogP contribution in [0.15, 0.2) is 79.4 Å². The maximum Gasteiger partial charge on any atom is 0.196 e. The quantitative estimate of drug-likeness (QED) is 0.522. The average molecular weight is 268 g/mol. The van der Waals surface area contributed by atoms with Gasteiger partial charge in [-0.2, -0.15) is 0 Å². The number of Topliss-reactive ketones (excluding diaryl/α,β-unsaturated/α-hetero) is 1. The Morgan fingerprint density at radius 1 is 1.25 bits per heavy atom. The van der Waals surface area contributed by atoms with E-state index in [0.29, 0.717) is 12.2 Å². The first-order valence-corrected chi connectivity index (χ1v) is 6.57. The first-order valence-electron chi connectivity index (χ1n) is 6.57. The summed E-state index contributed by atoms with van der Waals surface area (Å²) in [7, 11) is 0. The molecule has 0 bridgehead atoms. The fourth-order valence-corrected chi connectivity index (χ4v) is 1.79. The molecule has 0 aliphatic rings. The number of carbonyl (C=O) groups is 1. The molecule has 0 amide bonds. The van der Waals surface area contributed by atoms with Gasteiger partial charge in [0.05, 0.1) is 0 Å². The van der Waals surface area contributed by atoms with Gasteiger partial charge < -0.3 is 4.74 Å². The minimum atomic E-state index is -0.595. The molecular weight excluding hydrogens is 248 g/mol. The van der Waals surface area contributed by atoms with Gasteiger partial charge >= 0.3 is 0 Å². The molecule has 0 aliphatic carbocycles. The van der Waals surface area contributed by atoms with Crippen LogP contribution in [0.1, 0.15) is 18.6 Å². The van der Waals surface area contributed by atoms with Crippen molar-refractivity contribution in [3.8, 4) is 0 Å². The average Bonchev–Trinajstić information content (AvgIpc) is 2.49. The third kappa shape index (κ3) is 4.48. The highest BCUT2D eigenvalue weighted by Gasteiger charge is 2.22. The van der Waals surface area contributed by atoms with Crippen molar-refractivity contribution in [2.24, 2.45) is 0 Å². The molecule has 0 aromatic heterocycles. The zero-order valence-corrected chi connectivity index (χ0v) is 11.8. The maximum absolute atomic E-state index is 12.6. The summed E-state index contributed by atoms with van der Waals surface area (Å²) in [6.45, 7) is 9.59. The smallest absolute Gasteiger partial charge is 0.196 e. The number of rotatable bonds is 8. The van der Waals surface area contributed by atoms with E-state index in [1.165, 1.54) is 0 Å². The molecule has 1 aromatic rings. The fourth-order valence-electron chi connectivity index (χ4n) is 1.79. The van der Waals surface area contributed by atoms with Gasteiger partial charge in [-0.25, -0.2) is 0 Å². The number of benzene rings is 1. The van der Waals surface area contributed by atoms with Crippen LogP contribution in [0.4, 0.5) is 0 Å². The van der Waals surface area contributed by atoms with Crippen molar-refractivity contribution in [2.45, 2.75) is 13.0 Å². The first-order chi connectivity index (χ1) is 9.74. The van der Waals surface area contributed by atoms with Gasteiger partial charge in [0.15, 0.2) is 5.78 Å². The summed E-state index contributed by atoms with van der Waals surface area (Å²) in [5, 5.41) is 0. The molecular formula is C18H20O2. The third-order valence-corrected chi connectivity index (χ3v) is 2.67. The summed E-state index contributed by atoms with van der Waals surface area (Å²) in [6.07, 6.45) is 7.74. The van der Waals surface area contributed by atoms with E-state index in [4.69, 9.17) is 4.74 Å². The number of hydrogen-bond donors (Lipinski definition) is 0. The Balaban J connectivity index is 3.09. The van der Waals surface area contributed by atoms with Crippen molar-refractivity contribution >= 4 is 5.78 Å². The largest absolute Gasteiger partial charge is 0.366 e. The number of allylic oxidation sites excluding steroid dienone is 5. The minimum absolute atomic E-state index is 0.0870. The highest BCUT2D eigenvalue weighted by atomic mass is 16.5. The van der Waals surface area contributed by atoms with Gasteiger partial charge in [-0.05, 0) is 12.5 Å². The molecule has 0 fully saturated rings. The van der Waals surface area contributed by atoms with Crippen LogP contribution in [-0.4, -0.2) is 12.4 Å². The zero-order valence-electron chi connectivity index (χ0n) is 11.8. The standard InChI is InChI=1S/C18H20O2/c1-4-7-12-15(11-5-2)17(19)18(20-6-3)16-13-9-8-10-14-16/h4-5,7-14,18H,1-2,6H2,3H3/b12-7-,15-11+. The molecule has 0 radical (unpaired) electrons. The summed E-state index contributed by atoms with van der Waals surface area (Å²) < 4.78 is 5.61. The second-order valence-electron chi connectivity index (χ2n) is 4.06. The van der Waals surface area contributed by atoms with E-state index in [-0.39, 0.29) is 5.78 Å². The summed E-state index contributed by atoms with van der Waals surface area (Å²) >= 11 is 0. The predicted octanol–water partition coefficient (Wildman–Crippen LogP) is 4.19. The summed E-state index contributed by atoms with van der Waals surface area (Å²) in [5.41, 5.74) is 1.39. The van der Waals surface area contributed by atoms with Crippen molar-refractivity contribution in [3.63, 3.8) is 0 Å². The first kappa shape index (κ1) is 15.9. The summed E-state index contributed by atoms with van der Waals surface area (Å²) in [4.78, 5) is 12.6. The van der Waals surface area contributed by atoms with Crippen LogP contribution >= 0.6 is 0 Å². The van der Waals surface area contributed by atoms with E-state index in [2.05, 4.69) is 13.2 Å². The van der Waals surface area contributed by atoms with Crippen molar-refractivity contribution in [1.82, 2.24) is 0 Å². The lowest BCUT2D eigenvalue weighted by Crippen LogP contribution is -2.17. The Hall–Kier alpha value is -2.19. The molecule has 1 rings (SSSR count). The fraction of sp³-hybridized carbons (Fsp3) is 0.167. The highest BCUT2D eigenvalue weighted by Crippen LogP contribution is 2.22. The zero-order chi connectivity index (χ0) is 14.8. The van der Waals surface area contributed by atoms with Crippen molar-refractivity contribution in [3.05, 3.63) is 85.0 Å². The highest BCUT2D eigenvalue weighted by molar-refractivity contribution is 6.02. The Morgan fingerprint density at radius 2 is 1.95 bits per heavy atom. The number of ether oxygens (including phenoxy) is 1. The minimum Gasteiger partial charge on any atom is -0.366 e.